The number of phenolic OH excluding ortho intramolecular Hbond substituents is 1. The smallest absolute Gasteiger partial charge is 0.420 e. The van der Waals surface area contributed by atoms with Gasteiger partial charge in [0.15, 0.2) is 0 Å². The molecule has 2 N–H and O–H groups in total. The monoisotopic (exact) mass is 208 g/mol. The summed E-state index contributed by atoms with van der Waals surface area (Å²) in [7, 11) is 0. The molecule has 1 rings (SSSR count). The molecule has 0 saturated heterocycles. The summed E-state index contributed by atoms with van der Waals surface area (Å²) in [6.45, 7) is 0. The van der Waals surface area contributed by atoms with Crippen LogP contribution in [0.4, 0.5) is 18.9 Å². The van der Waals surface area contributed by atoms with Crippen LogP contribution in [0.5, 0.6) is 5.75 Å². The van der Waals surface area contributed by atoms with Gasteiger partial charge in [0.05, 0.1) is 4.91 Å². The Balaban J connectivity index is 3.29. The number of aromatic hydroxyl groups is 1. The molecule has 0 amide bonds. The van der Waals surface area contributed by atoms with Crippen LogP contribution in [0.15, 0.2) is 18.2 Å². The summed E-state index contributed by atoms with van der Waals surface area (Å²) >= 11 is 0. The standard InChI is InChI=1S/C7H4F3NO3/c8-7(9,10)5-3-4(11(13)14)1-2-6(5)12/h1-3H,(H-,12,13,14)/p+1. The molecule has 0 aliphatic rings. The van der Waals surface area contributed by atoms with Gasteiger partial charge in [-0.05, 0) is 6.07 Å². The first-order chi connectivity index (χ1) is 6.32. The Bertz CT molecular complexity index is 375. The largest absolute Gasteiger partial charge is 0.507 e. The molecule has 4 nitrogen and oxygen atoms in total. The Morgan fingerprint density at radius 3 is 2.29 bits per heavy atom. The quantitative estimate of drug-likeness (QED) is 0.695. The number of halogens is 3. The van der Waals surface area contributed by atoms with E-state index >= 15 is 0 Å². The first-order valence-corrected chi connectivity index (χ1v) is 3.38. The number of hydrogen-bond donors (Lipinski definition) is 2. The highest BCUT2D eigenvalue weighted by molar-refractivity contribution is 5.44. The SMILES string of the molecule is O=[N+](O)c1ccc(O)c(C(F)(F)F)c1. The van der Waals surface area contributed by atoms with Crippen molar-refractivity contribution < 1.29 is 28.4 Å². The van der Waals surface area contributed by atoms with Gasteiger partial charge in [0.25, 0.3) is 4.92 Å². The summed E-state index contributed by atoms with van der Waals surface area (Å²) in [4.78, 5) is 9.55. The topological polar surface area (TPSA) is 60.5 Å². The predicted molar refractivity (Wildman–Crippen MR) is 38.2 cm³/mol. The third-order valence-corrected chi connectivity index (χ3v) is 1.51. The molecule has 0 unspecified atom stereocenters. The number of alkyl halides is 3. The lowest BCUT2D eigenvalue weighted by Crippen LogP contribution is -2.06. The molecule has 0 aromatic heterocycles. The van der Waals surface area contributed by atoms with Crippen LogP contribution >= 0.6 is 0 Å². The van der Waals surface area contributed by atoms with E-state index in [-0.39, 0.29) is 0 Å². The third kappa shape index (κ3) is 1.93. The highest BCUT2D eigenvalue weighted by Gasteiger charge is 2.35. The van der Waals surface area contributed by atoms with Crippen LogP contribution in [0.25, 0.3) is 0 Å². The zero-order valence-corrected chi connectivity index (χ0v) is 6.62. The predicted octanol–water partition coefficient (Wildman–Crippen LogP) is 2.21. The Morgan fingerprint density at radius 1 is 1.29 bits per heavy atom. The van der Waals surface area contributed by atoms with Crippen LogP contribution in [0.2, 0.25) is 0 Å². The van der Waals surface area contributed by atoms with Crippen molar-refractivity contribution in [1.82, 2.24) is 0 Å². The van der Waals surface area contributed by atoms with Crippen molar-refractivity contribution >= 4 is 5.69 Å². The summed E-state index contributed by atoms with van der Waals surface area (Å²) in [6.07, 6.45) is -4.77. The van der Waals surface area contributed by atoms with Gasteiger partial charge in [-0.1, -0.05) is 0 Å². The fourth-order valence-corrected chi connectivity index (χ4v) is 0.870. The van der Waals surface area contributed by atoms with Crippen molar-refractivity contribution in [3.8, 4) is 5.75 Å². The lowest BCUT2D eigenvalue weighted by molar-refractivity contribution is -0.729. The second-order valence-electron chi connectivity index (χ2n) is 2.47. The molecule has 0 radical (unpaired) electrons. The molecule has 0 heterocycles. The lowest BCUT2D eigenvalue weighted by atomic mass is 10.2. The summed E-state index contributed by atoms with van der Waals surface area (Å²) in [5.41, 5.74) is -1.97. The van der Waals surface area contributed by atoms with Crippen molar-refractivity contribution in [2.75, 3.05) is 0 Å². The van der Waals surface area contributed by atoms with E-state index in [0.717, 1.165) is 6.07 Å². The fraction of sp³-hybridized carbons (Fsp3) is 0.143. The maximum atomic E-state index is 12.1. The summed E-state index contributed by atoms with van der Waals surface area (Å²) in [6, 6.07) is 1.89. The van der Waals surface area contributed by atoms with Gasteiger partial charge in [-0.2, -0.15) is 13.2 Å². The van der Waals surface area contributed by atoms with E-state index in [4.69, 9.17) is 10.3 Å². The molecule has 0 atom stereocenters. The first-order valence-electron chi connectivity index (χ1n) is 3.38. The molecule has 7 heteroatoms. The van der Waals surface area contributed by atoms with E-state index in [9.17, 15) is 18.1 Å². The number of hydrogen-bond acceptors (Lipinski definition) is 2. The average molecular weight is 208 g/mol. The zero-order chi connectivity index (χ0) is 10.9. The average Bonchev–Trinajstić information content (AvgIpc) is 2.02. The molecule has 0 spiro atoms. The number of benzene rings is 1. The first kappa shape index (κ1) is 10.3. The lowest BCUT2D eigenvalue weighted by Gasteiger charge is -2.06. The van der Waals surface area contributed by atoms with E-state index in [2.05, 4.69) is 0 Å². The second kappa shape index (κ2) is 3.17. The summed E-state index contributed by atoms with van der Waals surface area (Å²) in [5, 5.41) is 17.2. The van der Waals surface area contributed by atoms with Gasteiger partial charge < -0.3 is 5.11 Å². The summed E-state index contributed by atoms with van der Waals surface area (Å²) in [5.74, 6) is -0.997. The van der Waals surface area contributed by atoms with Crippen molar-refractivity contribution in [3.05, 3.63) is 28.7 Å². The van der Waals surface area contributed by atoms with Crippen molar-refractivity contribution in [2.24, 2.45) is 0 Å². The number of nitrogens with zero attached hydrogens (tertiary/aromatic N) is 1. The Morgan fingerprint density at radius 2 is 1.86 bits per heavy atom. The van der Waals surface area contributed by atoms with E-state index in [1.807, 2.05) is 0 Å². The van der Waals surface area contributed by atoms with Gasteiger partial charge in [0, 0.05) is 12.1 Å². The Hall–Kier alpha value is -1.79. The van der Waals surface area contributed by atoms with E-state index in [0.29, 0.717) is 12.1 Å². The van der Waals surface area contributed by atoms with Gasteiger partial charge in [0.2, 0.25) is 0 Å². The van der Waals surface area contributed by atoms with Gasteiger partial charge in [-0.3, -0.25) is 0 Å². The molecule has 1 aromatic rings. The molecule has 0 saturated carbocycles. The summed E-state index contributed by atoms with van der Waals surface area (Å²) < 4.78 is 36.4. The van der Waals surface area contributed by atoms with Crippen LogP contribution in [0, 0.1) is 4.91 Å². The van der Waals surface area contributed by atoms with E-state index in [1.54, 1.807) is 0 Å². The number of phenols is 1. The molecule has 0 aliphatic carbocycles. The third-order valence-electron chi connectivity index (χ3n) is 1.51. The molecule has 0 fully saturated rings. The molecule has 14 heavy (non-hydrogen) atoms. The van der Waals surface area contributed by atoms with Gasteiger partial charge in [-0.25, -0.2) is 5.21 Å². The van der Waals surface area contributed by atoms with Crippen molar-refractivity contribution in [2.45, 2.75) is 6.18 Å². The normalized spacial score (nSPS) is 11.4. The van der Waals surface area contributed by atoms with Gasteiger partial charge in [0.1, 0.15) is 11.3 Å². The highest BCUT2D eigenvalue weighted by atomic mass is 19.4. The second-order valence-corrected chi connectivity index (χ2v) is 2.47. The number of rotatable bonds is 1. The fourth-order valence-electron chi connectivity index (χ4n) is 0.870. The minimum atomic E-state index is -4.77. The molecule has 0 bridgehead atoms. The van der Waals surface area contributed by atoms with Crippen LogP contribution in [0.3, 0.4) is 0 Å². The van der Waals surface area contributed by atoms with Crippen molar-refractivity contribution in [1.29, 1.82) is 0 Å². The maximum Gasteiger partial charge on any atom is 0.420 e. The molecular formula is C7H5F3NO3+. The molecule has 76 valence electrons. The van der Waals surface area contributed by atoms with Crippen LogP contribution in [-0.4, -0.2) is 15.2 Å². The van der Waals surface area contributed by atoms with E-state index < -0.39 is 28.1 Å². The van der Waals surface area contributed by atoms with Crippen LogP contribution < -0.4 is 0 Å². The maximum absolute atomic E-state index is 12.1. The van der Waals surface area contributed by atoms with Crippen LogP contribution in [0.1, 0.15) is 5.56 Å². The Kier molecular flexibility index (Phi) is 2.33. The van der Waals surface area contributed by atoms with Gasteiger partial charge >= 0.3 is 11.9 Å². The molecule has 1 aromatic carbocycles. The van der Waals surface area contributed by atoms with Crippen molar-refractivity contribution in [3.63, 3.8) is 0 Å². The zero-order valence-electron chi connectivity index (χ0n) is 6.62. The van der Waals surface area contributed by atoms with E-state index in [1.165, 1.54) is 0 Å². The molecular weight excluding hydrogens is 203 g/mol. The molecule has 0 aliphatic heterocycles. The minimum absolute atomic E-state index is 0.350. The van der Waals surface area contributed by atoms with Gasteiger partial charge in [-0.15, -0.1) is 0 Å². The van der Waals surface area contributed by atoms with Crippen LogP contribution in [-0.2, 0) is 6.18 Å². The Labute approximate surface area is 75.7 Å². The highest BCUT2D eigenvalue weighted by Crippen LogP contribution is 2.37. The minimum Gasteiger partial charge on any atom is -0.507 e.